The van der Waals surface area contributed by atoms with E-state index in [2.05, 4.69) is 39.5 Å². The zero-order chi connectivity index (χ0) is 23.6. The molecule has 0 aromatic heterocycles. The first-order valence-corrected chi connectivity index (χ1v) is 13.2. The molecule has 0 amide bonds. The Balaban J connectivity index is 1.73. The number of fused-ring (bicyclic) bond motifs is 1. The minimum Gasteiger partial charge on any atom is -0.377 e. The second-order valence-corrected chi connectivity index (χ2v) is 10.5. The van der Waals surface area contributed by atoms with Crippen LogP contribution >= 0.6 is 0 Å². The molecular formula is C26H51NO5. The lowest BCUT2D eigenvalue weighted by atomic mass is 10.1. The lowest BCUT2D eigenvalue weighted by Gasteiger charge is -2.30. The summed E-state index contributed by atoms with van der Waals surface area (Å²) in [5, 5.41) is 0. The van der Waals surface area contributed by atoms with E-state index in [-0.39, 0.29) is 24.6 Å². The van der Waals surface area contributed by atoms with E-state index in [1.165, 1.54) is 44.9 Å². The van der Waals surface area contributed by atoms with E-state index in [9.17, 15) is 0 Å². The Bertz CT molecular complexity index is 491. The van der Waals surface area contributed by atoms with E-state index in [1.54, 1.807) is 0 Å². The van der Waals surface area contributed by atoms with E-state index in [0.717, 1.165) is 19.6 Å². The Labute approximate surface area is 197 Å². The zero-order valence-corrected chi connectivity index (χ0v) is 21.9. The molecule has 0 radical (unpaired) electrons. The highest BCUT2D eigenvalue weighted by Gasteiger charge is 2.55. The largest absolute Gasteiger partial charge is 0.377 e. The van der Waals surface area contributed by atoms with E-state index in [4.69, 9.17) is 23.7 Å². The standard InChI is InChI=1S/C26H51NO5/c1-8-9-10-11-12-13-14-15-17-29-23-22(30-25-24(23)31-26(6,7)32-25)19-28-18-16-27(20(2)3)21(4)5/h20-25H,8-19H2,1-7H3/t22-,23+,24-,25-/m1/s1. The predicted octanol–water partition coefficient (Wildman–Crippen LogP) is 5.52. The summed E-state index contributed by atoms with van der Waals surface area (Å²) in [5.41, 5.74) is 0. The third-order valence-electron chi connectivity index (χ3n) is 6.50. The van der Waals surface area contributed by atoms with Gasteiger partial charge in [0.25, 0.3) is 0 Å². The maximum atomic E-state index is 6.30. The number of ether oxygens (including phenoxy) is 5. The SMILES string of the molecule is CCCCCCCCCCO[C@@H]1[C@H]2OC(C)(C)O[C@H]2O[C@@H]1COCCN(C(C)C)C(C)C. The van der Waals surface area contributed by atoms with Crippen LogP contribution in [-0.4, -0.2) is 73.7 Å². The van der Waals surface area contributed by atoms with Gasteiger partial charge in [-0.25, -0.2) is 0 Å². The smallest absolute Gasteiger partial charge is 0.190 e. The van der Waals surface area contributed by atoms with Crippen molar-refractivity contribution < 1.29 is 23.7 Å². The average molecular weight is 458 g/mol. The van der Waals surface area contributed by atoms with Gasteiger partial charge in [0, 0.05) is 25.2 Å². The number of hydrogen-bond acceptors (Lipinski definition) is 6. The molecule has 4 atom stereocenters. The molecule has 0 saturated carbocycles. The summed E-state index contributed by atoms with van der Waals surface area (Å²) in [7, 11) is 0. The molecule has 6 heteroatoms. The van der Waals surface area contributed by atoms with E-state index >= 15 is 0 Å². The summed E-state index contributed by atoms with van der Waals surface area (Å²) in [6.45, 7) is 17.9. The molecule has 2 saturated heterocycles. The molecule has 0 bridgehead atoms. The molecule has 0 aromatic rings. The Morgan fingerprint density at radius 1 is 0.844 bits per heavy atom. The van der Waals surface area contributed by atoms with Crippen LogP contribution in [0.25, 0.3) is 0 Å². The van der Waals surface area contributed by atoms with Crippen molar-refractivity contribution in [1.29, 1.82) is 0 Å². The number of nitrogens with zero attached hydrogens (tertiary/aromatic N) is 1. The highest BCUT2D eigenvalue weighted by molar-refractivity contribution is 4.94. The molecule has 2 aliphatic rings. The Kier molecular flexibility index (Phi) is 12.4. The quantitative estimate of drug-likeness (QED) is 0.268. The highest BCUT2D eigenvalue weighted by Crippen LogP contribution is 2.38. The van der Waals surface area contributed by atoms with Gasteiger partial charge < -0.3 is 23.7 Å². The van der Waals surface area contributed by atoms with Gasteiger partial charge in [-0.3, -0.25) is 4.90 Å². The lowest BCUT2D eigenvalue weighted by molar-refractivity contribution is -0.223. The van der Waals surface area contributed by atoms with Gasteiger partial charge in [0.05, 0.1) is 13.2 Å². The molecule has 0 spiro atoms. The van der Waals surface area contributed by atoms with Gasteiger partial charge in [-0.1, -0.05) is 51.9 Å². The summed E-state index contributed by atoms with van der Waals surface area (Å²) >= 11 is 0. The molecule has 190 valence electrons. The minimum atomic E-state index is -0.629. The fraction of sp³-hybridized carbons (Fsp3) is 1.00. The van der Waals surface area contributed by atoms with Crippen LogP contribution in [0.1, 0.15) is 99.8 Å². The molecule has 2 fully saturated rings. The number of rotatable bonds is 17. The van der Waals surface area contributed by atoms with Crippen molar-refractivity contribution in [2.75, 3.05) is 26.4 Å². The van der Waals surface area contributed by atoms with Crippen LogP contribution in [0.3, 0.4) is 0 Å². The van der Waals surface area contributed by atoms with Crippen molar-refractivity contribution in [1.82, 2.24) is 4.90 Å². The number of hydrogen-bond donors (Lipinski definition) is 0. The van der Waals surface area contributed by atoms with Crippen molar-refractivity contribution in [2.24, 2.45) is 0 Å². The maximum absolute atomic E-state index is 6.30. The minimum absolute atomic E-state index is 0.141. The first-order valence-electron chi connectivity index (χ1n) is 13.2. The third-order valence-corrected chi connectivity index (χ3v) is 6.50. The lowest BCUT2D eigenvalue weighted by Crippen LogP contribution is -2.41. The molecule has 6 nitrogen and oxygen atoms in total. The van der Waals surface area contributed by atoms with E-state index in [0.29, 0.717) is 25.3 Å². The molecule has 0 unspecified atom stereocenters. The second-order valence-electron chi connectivity index (χ2n) is 10.5. The van der Waals surface area contributed by atoms with Crippen molar-refractivity contribution in [2.45, 2.75) is 142 Å². The van der Waals surface area contributed by atoms with E-state index in [1.807, 2.05) is 13.8 Å². The van der Waals surface area contributed by atoms with Gasteiger partial charge in [-0.2, -0.15) is 0 Å². The summed E-state index contributed by atoms with van der Waals surface area (Å²) in [4.78, 5) is 2.44. The highest BCUT2D eigenvalue weighted by atomic mass is 16.8. The summed E-state index contributed by atoms with van der Waals surface area (Å²) in [5.74, 6) is -0.629. The van der Waals surface area contributed by atoms with Crippen LogP contribution in [0.2, 0.25) is 0 Å². The second kappa shape index (κ2) is 14.2. The molecule has 2 rings (SSSR count). The fourth-order valence-electron chi connectivity index (χ4n) is 4.82. The average Bonchev–Trinajstić information content (AvgIpc) is 3.17. The summed E-state index contributed by atoms with van der Waals surface area (Å²) in [6, 6.07) is 1.01. The first kappa shape index (κ1) is 28.0. The molecule has 0 N–H and O–H groups in total. The third kappa shape index (κ3) is 9.19. The summed E-state index contributed by atoms with van der Waals surface area (Å²) < 4.78 is 30.6. The van der Waals surface area contributed by atoms with Crippen molar-refractivity contribution in [3.8, 4) is 0 Å². The molecule has 2 aliphatic heterocycles. The van der Waals surface area contributed by atoms with Crippen LogP contribution in [-0.2, 0) is 23.7 Å². The van der Waals surface area contributed by atoms with Gasteiger partial charge in [0.1, 0.15) is 18.3 Å². The zero-order valence-electron chi connectivity index (χ0n) is 21.9. The monoisotopic (exact) mass is 457 g/mol. The molecule has 2 heterocycles. The Morgan fingerprint density at radius 3 is 2.09 bits per heavy atom. The van der Waals surface area contributed by atoms with Crippen LogP contribution in [0.5, 0.6) is 0 Å². The normalized spacial score (nSPS) is 27.2. The van der Waals surface area contributed by atoms with Gasteiger partial charge >= 0.3 is 0 Å². The topological polar surface area (TPSA) is 49.4 Å². The van der Waals surface area contributed by atoms with Gasteiger partial charge in [-0.15, -0.1) is 0 Å². The van der Waals surface area contributed by atoms with Crippen LogP contribution < -0.4 is 0 Å². The predicted molar refractivity (Wildman–Crippen MR) is 129 cm³/mol. The molecule has 32 heavy (non-hydrogen) atoms. The van der Waals surface area contributed by atoms with Crippen LogP contribution in [0.15, 0.2) is 0 Å². The van der Waals surface area contributed by atoms with Gasteiger partial charge in [0.2, 0.25) is 0 Å². The van der Waals surface area contributed by atoms with E-state index < -0.39 is 5.79 Å². The molecule has 0 aromatic carbocycles. The Hall–Kier alpha value is -0.240. The summed E-state index contributed by atoms with van der Waals surface area (Å²) in [6.07, 6.45) is 9.48. The fourth-order valence-corrected chi connectivity index (χ4v) is 4.82. The van der Waals surface area contributed by atoms with Crippen molar-refractivity contribution in [3.63, 3.8) is 0 Å². The Morgan fingerprint density at radius 2 is 1.47 bits per heavy atom. The molecular weight excluding hydrogens is 406 g/mol. The molecule has 0 aliphatic carbocycles. The number of unbranched alkanes of at least 4 members (excludes halogenated alkanes) is 7. The van der Waals surface area contributed by atoms with Gasteiger partial charge in [0.15, 0.2) is 12.1 Å². The van der Waals surface area contributed by atoms with Gasteiger partial charge in [-0.05, 0) is 48.0 Å². The van der Waals surface area contributed by atoms with Crippen LogP contribution in [0, 0.1) is 0 Å². The van der Waals surface area contributed by atoms with Crippen molar-refractivity contribution >= 4 is 0 Å². The first-order chi connectivity index (χ1) is 15.2. The van der Waals surface area contributed by atoms with Crippen molar-refractivity contribution in [3.05, 3.63) is 0 Å². The maximum Gasteiger partial charge on any atom is 0.190 e. The van der Waals surface area contributed by atoms with Crippen LogP contribution in [0.4, 0.5) is 0 Å².